The third kappa shape index (κ3) is 7.60. The number of hydrogen-bond acceptors (Lipinski definition) is 9. The number of benzene rings is 2. The van der Waals surface area contributed by atoms with Crippen molar-refractivity contribution in [2.24, 2.45) is 5.92 Å². The smallest absolute Gasteiger partial charge is 0.339 e. The van der Waals surface area contributed by atoms with Crippen molar-refractivity contribution >= 4 is 38.8 Å². The Balaban J connectivity index is 1.14. The van der Waals surface area contributed by atoms with Gasteiger partial charge in [-0.1, -0.05) is 0 Å². The number of ether oxygens (including phenoxy) is 1. The summed E-state index contributed by atoms with van der Waals surface area (Å²) in [5, 5.41) is 12.2. The normalized spacial score (nSPS) is 17.1. The van der Waals surface area contributed by atoms with Crippen molar-refractivity contribution in [1.82, 2.24) is 25.5 Å². The fourth-order valence-corrected chi connectivity index (χ4v) is 5.59. The van der Waals surface area contributed by atoms with Gasteiger partial charge in [0.2, 0.25) is 5.95 Å². The van der Waals surface area contributed by atoms with Gasteiger partial charge in [-0.05, 0) is 68.2 Å². The maximum absolute atomic E-state index is 12.9. The number of aromatic amines is 1. The third-order valence-electron chi connectivity index (χ3n) is 6.91. The van der Waals surface area contributed by atoms with Gasteiger partial charge in [-0.3, -0.25) is 10.2 Å². The molecule has 1 aromatic heterocycles. The van der Waals surface area contributed by atoms with Crippen molar-refractivity contribution in [3.63, 3.8) is 0 Å². The lowest BCUT2D eigenvalue weighted by molar-refractivity contribution is 0.0388. The summed E-state index contributed by atoms with van der Waals surface area (Å²) in [5.41, 5.74) is 1.97. The van der Waals surface area contributed by atoms with E-state index in [0.717, 1.165) is 57.8 Å². The molecule has 0 aliphatic carbocycles. The Labute approximate surface area is 228 Å². The first-order valence-corrected chi connectivity index (χ1v) is 14.7. The largest absolute Gasteiger partial charge is 0.385 e. The van der Waals surface area contributed by atoms with E-state index in [4.69, 9.17) is 8.92 Å². The summed E-state index contributed by atoms with van der Waals surface area (Å²) < 4.78 is 36.4. The lowest BCUT2D eigenvalue weighted by Gasteiger charge is -2.26. The van der Waals surface area contributed by atoms with Gasteiger partial charge < -0.3 is 29.9 Å². The summed E-state index contributed by atoms with van der Waals surface area (Å²) in [5.74, 6) is 1.00. The van der Waals surface area contributed by atoms with E-state index in [1.165, 1.54) is 24.3 Å². The molecule has 2 saturated heterocycles. The summed E-state index contributed by atoms with van der Waals surface area (Å²) in [4.78, 5) is 21.9. The van der Waals surface area contributed by atoms with Crippen LogP contribution in [0.1, 0.15) is 12.8 Å². The number of nitrogens with one attached hydrogen (secondary N) is 5. The average molecular weight is 558 g/mol. The minimum Gasteiger partial charge on any atom is -0.385 e. The van der Waals surface area contributed by atoms with Gasteiger partial charge in [-0.25, -0.2) is 9.78 Å². The summed E-state index contributed by atoms with van der Waals surface area (Å²) in [6, 6.07) is 10.9. The first kappa shape index (κ1) is 27.2. The Kier molecular flexibility index (Phi) is 8.81. The van der Waals surface area contributed by atoms with Crippen molar-refractivity contribution in [1.29, 1.82) is 0 Å². The van der Waals surface area contributed by atoms with Crippen LogP contribution in [0, 0.1) is 5.92 Å². The molecule has 12 nitrogen and oxygen atoms in total. The van der Waals surface area contributed by atoms with E-state index in [0.29, 0.717) is 36.7 Å². The highest BCUT2D eigenvalue weighted by Crippen LogP contribution is 2.25. The Morgan fingerprint density at radius 3 is 2.64 bits per heavy atom. The molecule has 3 heterocycles. The number of aromatic nitrogens is 2. The SMILES string of the molecule is O=C(NCCN1CCOCC1)Nc1nc2ccc(OS(=O)(=O)c3ccc(NCC4CCNCC4)cc3)cc2[nH]1. The molecule has 0 spiro atoms. The van der Waals surface area contributed by atoms with Crippen LogP contribution in [-0.4, -0.2) is 88.3 Å². The van der Waals surface area contributed by atoms with Crippen molar-refractivity contribution in [3.05, 3.63) is 42.5 Å². The number of urea groups is 1. The zero-order chi connectivity index (χ0) is 27.1. The number of nitrogens with zero attached hydrogens (tertiary/aromatic N) is 2. The molecule has 0 radical (unpaired) electrons. The number of imidazole rings is 1. The predicted octanol–water partition coefficient (Wildman–Crippen LogP) is 2.20. The van der Waals surface area contributed by atoms with Gasteiger partial charge in [0.05, 0.1) is 24.2 Å². The van der Waals surface area contributed by atoms with Crippen LogP contribution < -0.4 is 25.5 Å². The Morgan fingerprint density at radius 1 is 1.10 bits per heavy atom. The minimum absolute atomic E-state index is 0.0655. The van der Waals surface area contributed by atoms with Crippen LogP contribution in [0.3, 0.4) is 0 Å². The second-order valence-electron chi connectivity index (χ2n) is 9.74. The average Bonchev–Trinajstić information content (AvgIpc) is 3.34. The first-order chi connectivity index (χ1) is 18.9. The highest BCUT2D eigenvalue weighted by Gasteiger charge is 2.18. The second-order valence-corrected chi connectivity index (χ2v) is 11.3. The minimum atomic E-state index is -4.03. The van der Waals surface area contributed by atoms with Gasteiger partial charge in [0.15, 0.2) is 0 Å². The molecule has 3 aromatic rings. The summed E-state index contributed by atoms with van der Waals surface area (Å²) in [6.07, 6.45) is 2.27. The maximum atomic E-state index is 12.9. The van der Waals surface area contributed by atoms with Gasteiger partial charge in [0.1, 0.15) is 10.6 Å². The van der Waals surface area contributed by atoms with Crippen LogP contribution in [0.25, 0.3) is 11.0 Å². The number of rotatable bonds is 10. The summed E-state index contributed by atoms with van der Waals surface area (Å²) in [7, 11) is -4.03. The molecule has 2 amide bonds. The first-order valence-electron chi connectivity index (χ1n) is 13.3. The number of H-pyrrole nitrogens is 1. The van der Waals surface area contributed by atoms with E-state index in [1.54, 1.807) is 18.2 Å². The second kappa shape index (κ2) is 12.6. The lowest BCUT2D eigenvalue weighted by Crippen LogP contribution is -2.42. The number of morpholine rings is 1. The number of fused-ring (bicyclic) bond motifs is 1. The van der Waals surface area contributed by atoms with E-state index in [1.807, 2.05) is 0 Å². The van der Waals surface area contributed by atoms with Crippen LogP contribution in [-0.2, 0) is 14.9 Å². The van der Waals surface area contributed by atoms with Crippen LogP contribution in [0.2, 0.25) is 0 Å². The lowest BCUT2D eigenvalue weighted by atomic mass is 9.98. The fraction of sp³-hybridized carbons (Fsp3) is 0.462. The maximum Gasteiger partial charge on any atom is 0.339 e. The van der Waals surface area contributed by atoms with Crippen LogP contribution in [0.5, 0.6) is 5.75 Å². The van der Waals surface area contributed by atoms with Crippen molar-refractivity contribution in [3.8, 4) is 5.75 Å². The molecule has 2 aromatic carbocycles. The summed E-state index contributed by atoms with van der Waals surface area (Å²) >= 11 is 0. The molecule has 5 N–H and O–H groups in total. The molecule has 0 atom stereocenters. The van der Waals surface area contributed by atoms with Gasteiger partial charge >= 0.3 is 16.1 Å². The van der Waals surface area contributed by atoms with Crippen LogP contribution in [0.4, 0.5) is 16.4 Å². The molecule has 2 aliphatic heterocycles. The molecule has 210 valence electrons. The molecular formula is C26H35N7O5S. The predicted molar refractivity (Wildman–Crippen MR) is 149 cm³/mol. The van der Waals surface area contributed by atoms with Crippen LogP contribution >= 0.6 is 0 Å². The number of carbonyl (C=O) groups is 1. The topological polar surface area (TPSA) is 150 Å². The Bertz CT molecular complexity index is 1350. The number of hydrogen-bond donors (Lipinski definition) is 5. The molecule has 2 aliphatic rings. The van der Waals surface area contributed by atoms with Crippen LogP contribution in [0.15, 0.2) is 47.4 Å². The van der Waals surface area contributed by atoms with Gasteiger partial charge in [-0.15, -0.1) is 0 Å². The molecule has 0 bridgehead atoms. The van der Waals surface area contributed by atoms with E-state index < -0.39 is 10.1 Å². The van der Waals surface area contributed by atoms with E-state index in [2.05, 4.69) is 36.1 Å². The van der Waals surface area contributed by atoms with E-state index >= 15 is 0 Å². The molecule has 0 unspecified atom stereocenters. The number of piperidine rings is 1. The number of carbonyl (C=O) groups excluding carboxylic acids is 1. The van der Waals surface area contributed by atoms with Crippen molar-refractivity contribution in [2.45, 2.75) is 17.7 Å². The molecule has 2 fully saturated rings. The van der Waals surface area contributed by atoms with Gasteiger partial charge in [0, 0.05) is 44.5 Å². The number of anilines is 2. The standard InChI is InChI=1S/C26H35N7O5S/c34-26(28-11-12-33-13-15-37-16-14-33)32-25-30-23-6-3-21(17-24(23)31-25)38-39(35,36)22-4-1-20(2-5-22)29-18-19-7-9-27-10-8-19/h1-6,17,19,27,29H,7-16,18H2,(H3,28,30,31,32,34). The summed E-state index contributed by atoms with van der Waals surface area (Å²) in [6.45, 7) is 7.30. The monoisotopic (exact) mass is 557 g/mol. The molecule has 0 saturated carbocycles. The zero-order valence-electron chi connectivity index (χ0n) is 21.7. The highest BCUT2D eigenvalue weighted by atomic mass is 32.2. The van der Waals surface area contributed by atoms with Crippen molar-refractivity contribution < 1.29 is 22.1 Å². The molecule has 5 rings (SSSR count). The Hall–Kier alpha value is -3.39. The van der Waals surface area contributed by atoms with Gasteiger partial charge in [0.25, 0.3) is 0 Å². The van der Waals surface area contributed by atoms with E-state index in [9.17, 15) is 13.2 Å². The molecule has 13 heteroatoms. The fourth-order valence-electron chi connectivity index (χ4n) is 4.67. The van der Waals surface area contributed by atoms with Gasteiger partial charge in [-0.2, -0.15) is 8.42 Å². The molecule has 39 heavy (non-hydrogen) atoms. The Morgan fingerprint density at radius 2 is 1.87 bits per heavy atom. The quantitative estimate of drug-likeness (QED) is 0.236. The zero-order valence-corrected chi connectivity index (χ0v) is 22.6. The molecular weight excluding hydrogens is 522 g/mol. The number of amides is 2. The van der Waals surface area contributed by atoms with E-state index in [-0.39, 0.29) is 22.6 Å². The third-order valence-corrected chi connectivity index (χ3v) is 8.17. The van der Waals surface area contributed by atoms with Crippen molar-refractivity contribution in [2.75, 3.05) is 69.7 Å². The highest BCUT2D eigenvalue weighted by molar-refractivity contribution is 7.87.